The van der Waals surface area contributed by atoms with Crippen molar-refractivity contribution in [2.24, 2.45) is 0 Å². The fourth-order valence-corrected chi connectivity index (χ4v) is 2.95. The highest BCUT2D eigenvalue weighted by Gasteiger charge is 2.07. The molecule has 0 saturated heterocycles. The monoisotopic (exact) mass is 290 g/mol. The summed E-state index contributed by atoms with van der Waals surface area (Å²) in [6.07, 6.45) is 1.21. The second-order valence-corrected chi connectivity index (χ2v) is 5.74. The third-order valence-corrected chi connectivity index (χ3v) is 4.27. The van der Waals surface area contributed by atoms with Crippen molar-refractivity contribution in [3.63, 3.8) is 0 Å². The van der Waals surface area contributed by atoms with E-state index in [0.29, 0.717) is 0 Å². The third-order valence-electron chi connectivity index (χ3n) is 3.05. The van der Waals surface area contributed by atoms with Gasteiger partial charge in [0.25, 0.3) is 0 Å². The minimum atomic E-state index is 0.848. The quantitative estimate of drug-likeness (QED) is 0.770. The fraction of sp³-hybridized carbons (Fsp3) is 0.438. The van der Waals surface area contributed by atoms with Crippen LogP contribution in [0.3, 0.4) is 0 Å². The van der Waals surface area contributed by atoms with Gasteiger partial charge in [0.05, 0.1) is 12.6 Å². The minimum Gasteiger partial charge on any atom is -0.497 e. The van der Waals surface area contributed by atoms with Crippen molar-refractivity contribution < 1.29 is 4.74 Å². The lowest BCUT2D eigenvalue weighted by atomic mass is 10.1. The summed E-state index contributed by atoms with van der Waals surface area (Å²) in [5.74, 6) is 4.04. The molecule has 0 aliphatic heterocycles. The number of anilines is 1. The van der Waals surface area contributed by atoms with Crippen LogP contribution in [-0.4, -0.2) is 24.4 Å². The molecular formula is C16H22N2OS. The van der Waals surface area contributed by atoms with Crippen LogP contribution in [0.25, 0.3) is 10.9 Å². The molecule has 0 atom stereocenters. The van der Waals surface area contributed by atoms with Gasteiger partial charge in [0.15, 0.2) is 0 Å². The van der Waals surface area contributed by atoms with Gasteiger partial charge in [-0.3, -0.25) is 0 Å². The summed E-state index contributed by atoms with van der Waals surface area (Å²) in [7, 11) is 1.68. The molecule has 0 saturated carbocycles. The molecule has 2 rings (SSSR count). The molecule has 1 aromatic carbocycles. The van der Waals surface area contributed by atoms with Crippen molar-refractivity contribution in [2.75, 3.05) is 24.7 Å². The molecule has 108 valence electrons. The maximum Gasteiger partial charge on any atom is 0.130 e. The fourth-order valence-electron chi connectivity index (χ4n) is 2.07. The number of benzene rings is 1. The van der Waals surface area contributed by atoms with Crippen LogP contribution in [-0.2, 0) is 5.75 Å². The Balaban J connectivity index is 2.36. The Morgan fingerprint density at radius 2 is 2.10 bits per heavy atom. The second kappa shape index (κ2) is 7.39. The van der Waals surface area contributed by atoms with E-state index in [0.717, 1.165) is 29.4 Å². The van der Waals surface area contributed by atoms with E-state index in [1.165, 1.54) is 23.1 Å². The number of pyridine rings is 1. The Morgan fingerprint density at radius 3 is 2.80 bits per heavy atom. The zero-order valence-corrected chi connectivity index (χ0v) is 13.2. The molecule has 0 radical (unpaired) electrons. The number of nitrogens with zero attached hydrogens (tertiary/aromatic N) is 1. The van der Waals surface area contributed by atoms with Gasteiger partial charge in [0.2, 0.25) is 0 Å². The number of hydrogen-bond acceptors (Lipinski definition) is 4. The average molecular weight is 290 g/mol. The smallest absolute Gasteiger partial charge is 0.130 e. The Hall–Kier alpha value is -1.42. The van der Waals surface area contributed by atoms with E-state index >= 15 is 0 Å². The largest absolute Gasteiger partial charge is 0.497 e. The first-order valence-corrected chi connectivity index (χ1v) is 8.23. The molecule has 20 heavy (non-hydrogen) atoms. The molecule has 2 aromatic rings. The molecule has 0 aliphatic rings. The predicted molar refractivity (Wildman–Crippen MR) is 88.9 cm³/mol. The van der Waals surface area contributed by atoms with Crippen molar-refractivity contribution in [2.45, 2.75) is 26.0 Å². The summed E-state index contributed by atoms with van der Waals surface area (Å²) < 4.78 is 5.27. The van der Waals surface area contributed by atoms with Crippen LogP contribution in [0.5, 0.6) is 5.75 Å². The molecule has 1 N–H and O–H groups in total. The van der Waals surface area contributed by atoms with Gasteiger partial charge in [-0.2, -0.15) is 11.8 Å². The van der Waals surface area contributed by atoms with Crippen LogP contribution < -0.4 is 10.1 Å². The number of thioether (sulfide) groups is 1. The highest BCUT2D eigenvalue weighted by atomic mass is 32.2. The van der Waals surface area contributed by atoms with Crippen molar-refractivity contribution in [3.8, 4) is 5.75 Å². The lowest BCUT2D eigenvalue weighted by Gasteiger charge is -2.12. The van der Waals surface area contributed by atoms with Crippen molar-refractivity contribution in [1.29, 1.82) is 0 Å². The Bertz CT molecular complexity index is 572. The van der Waals surface area contributed by atoms with Gasteiger partial charge in [-0.1, -0.05) is 6.92 Å². The zero-order valence-electron chi connectivity index (χ0n) is 12.4. The van der Waals surface area contributed by atoms with E-state index in [2.05, 4.69) is 31.3 Å². The summed E-state index contributed by atoms with van der Waals surface area (Å²) in [4.78, 5) is 4.75. The normalized spacial score (nSPS) is 10.8. The van der Waals surface area contributed by atoms with Gasteiger partial charge >= 0.3 is 0 Å². The van der Waals surface area contributed by atoms with Gasteiger partial charge < -0.3 is 10.1 Å². The van der Waals surface area contributed by atoms with Gasteiger partial charge in [0, 0.05) is 29.3 Å². The number of hydrogen-bond donors (Lipinski definition) is 1. The van der Waals surface area contributed by atoms with Gasteiger partial charge in [-0.15, -0.1) is 0 Å². The Labute approximate surface area is 125 Å². The van der Waals surface area contributed by atoms with E-state index < -0.39 is 0 Å². The SMILES string of the molecule is CCCSCc1cc2ccc(OC)cc2nc1NCC. The maximum atomic E-state index is 5.27. The molecule has 0 spiro atoms. The van der Waals surface area contributed by atoms with Gasteiger partial charge in [-0.25, -0.2) is 4.98 Å². The lowest BCUT2D eigenvalue weighted by molar-refractivity contribution is 0.415. The number of rotatable bonds is 7. The standard InChI is InChI=1S/C16H22N2OS/c1-4-8-20-11-13-9-12-6-7-14(19-3)10-15(12)18-16(13)17-5-2/h6-7,9-10H,4-5,8,11H2,1-3H3,(H,17,18). The topological polar surface area (TPSA) is 34.1 Å². The van der Waals surface area contributed by atoms with Crippen molar-refractivity contribution >= 4 is 28.5 Å². The number of nitrogens with one attached hydrogen (secondary N) is 1. The minimum absolute atomic E-state index is 0.848. The van der Waals surface area contributed by atoms with Crippen LogP contribution in [0.4, 0.5) is 5.82 Å². The first-order chi connectivity index (χ1) is 9.78. The van der Waals surface area contributed by atoms with Crippen LogP contribution in [0, 0.1) is 0 Å². The number of methoxy groups -OCH3 is 1. The second-order valence-electron chi connectivity index (χ2n) is 4.64. The summed E-state index contributed by atoms with van der Waals surface area (Å²) in [5, 5.41) is 4.53. The van der Waals surface area contributed by atoms with Crippen molar-refractivity contribution in [3.05, 3.63) is 29.8 Å². The lowest BCUT2D eigenvalue weighted by Crippen LogP contribution is -2.03. The van der Waals surface area contributed by atoms with Crippen LogP contribution >= 0.6 is 11.8 Å². The summed E-state index contributed by atoms with van der Waals surface area (Å²) >= 11 is 1.96. The Morgan fingerprint density at radius 1 is 1.25 bits per heavy atom. The van der Waals surface area contributed by atoms with Gasteiger partial charge in [-0.05, 0) is 37.3 Å². The molecule has 1 heterocycles. The van der Waals surface area contributed by atoms with Crippen molar-refractivity contribution in [1.82, 2.24) is 4.98 Å². The molecule has 0 amide bonds. The first-order valence-electron chi connectivity index (χ1n) is 7.07. The highest BCUT2D eigenvalue weighted by molar-refractivity contribution is 7.98. The van der Waals surface area contributed by atoms with E-state index in [-0.39, 0.29) is 0 Å². The Kier molecular flexibility index (Phi) is 5.53. The molecule has 0 fully saturated rings. The van der Waals surface area contributed by atoms with Crippen LogP contribution in [0.1, 0.15) is 25.8 Å². The summed E-state index contributed by atoms with van der Waals surface area (Å²) in [6.45, 7) is 5.19. The number of ether oxygens (including phenoxy) is 1. The third kappa shape index (κ3) is 3.57. The number of aromatic nitrogens is 1. The van der Waals surface area contributed by atoms with Crippen LogP contribution in [0.2, 0.25) is 0 Å². The number of fused-ring (bicyclic) bond motifs is 1. The predicted octanol–water partition coefficient (Wildman–Crippen LogP) is 4.32. The molecule has 4 heteroatoms. The van der Waals surface area contributed by atoms with E-state index in [4.69, 9.17) is 9.72 Å². The average Bonchev–Trinajstić information content (AvgIpc) is 2.47. The van der Waals surface area contributed by atoms with Gasteiger partial charge in [0.1, 0.15) is 11.6 Å². The molecule has 1 aromatic heterocycles. The molecule has 0 bridgehead atoms. The maximum absolute atomic E-state index is 5.27. The van der Waals surface area contributed by atoms with E-state index in [1.807, 2.05) is 23.9 Å². The highest BCUT2D eigenvalue weighted by Crippen LogP contribution is 2.27. The first kappa shape index (κ1) is 15.0. The molecule has 3 nitrogen and oxygen atoms in total. The molecular weight excluding hydrogens is 268 g/mol. The summed E-state index contributed by atoms with van der Waals surface area (Å²) in [5.41, 5.74) is 2.26. The van der Waals surface area contributed by atoms with Crippen LogP contribution in [0.15, 0.2) is 24.3 Å². The molecule has 0 unspecified atom stereocenters. The zero-order chi connectivity index (χ0) is 14.4. The van der Waals surface area contributed by atoms with E-state index in [9.17, 15) is 0 Å². The summed E-state index contributed by atoms with van der Waals surface area (Å²) in [6, 6.07) is 8.28. The van der Waals surface area contributed by atoms with E-state index in [1.54, 1.807) is 7.11 Å². The molecule has 0 aliphatic carbocycles.